The van der Waals surface area contributed by atoms with Gasteiger partial charge in [0.25, 0.3) is 0 Å². The van der Waals surface area contributed by atoms with Crippen LogP contribution >= 0.6 is 0 Å². The van der Waals surface area contributed by atoms with E-state index in [2.05, 4.69) is 107 Å². The van der Waals surface area contributed by atoms with E-state index in [0.717, 1.165) is 68.5 Å². The van der Waals surface area contributed by atoms with Crippen molar-refractivity contribution in [3.63, 3.8) is 0 Å². The number of benzene rings is 5. The van der Waals surface area contributed by atoms with Crippen LogP contribution in [0.2, 0.25) is 0 Å². The van der Waals surface area contributed by atoms with Crippen molar-refractivity contribution >= 4 is 61.0 Å². The Morgan fingerprint density at radius 3 is 2.41 bits per heavy atom. The zero-order chi connectivity index (χ0) is 30.6. The first kappa shape index (κ1) is 26.3. The van der Waals surface area contributed by atoms with Crippen LogP contribution in [0.5, 0.6) is 0 Å². The Hall–Kier alpha value is -6.12. The molecule has 9 rings (SSSR count). The molecular formula is C41H28N4O. The highest BCUT2D eigenvalue weighted by molar-refractivity contribution is 6.22. The Morgan fingerprint density at radius 2 is 1.57 bits per heavy atom. The summed E-state index contributed by atoms with van der Waals surface area (Å²) >= 11 is 0. The fraction of sp³-hybridized carbons (Fsp3) is 0.0732. The normalized spacial score (nSPS) is 16.5. The number of amidine groups is 1. The van der Waals surface area contributed by atoms with E-state index in [1.165, 1.54) is 22.0 Å². The van der Waals surface area contributed by atoms with Crippen molar-refractivity contribution in [3.05, 3.63) is 156 Å². The average Bonchev–Trinajstić information content (AvgIpc) is 3.68. The number of nitriles is 1. The summed E-state index contributed by atoms with van der Waals surface area (Å²) < 4.78 is 8.94. The van der Waals surface area contributed by atoms with Crippen LogP contribution in [0.15, 0.2) is 148 Å². The Kier molecular flexibility index (Phi) is 6.00. The fourth-order valence-electron chi connectivity index (χ4n) is 6.98. The molecule has 2 aromatic heterocycles. The zero-order valence-electron chi connectivity index (χ0n) is 24.9. The number of para-hydroxylation sites is 2. The lowest BCUT2D eigenvalue weighted by Gasteiger charge is -2.26. The van der Waals surface area contributed by atoms with Gasteiger partial charge in [0.1, 0.15) is 11.4 Å². The van der Waals surface area contributed by atoms with Gasteiger partial charge in [0.15, 0.2) is 5.58 Å². The minimum atomic E-state index is -0.136. The Balaban J connectivity index is 1.17. The molecule has 7 aromatic rings. The topological polar surface area (TPSA) is 66.2 Å². The largest absolute Gasteiger partial charge is 0.454 e. The van der Waals surface area contributed by atoms with Crippen LogP contribution in [0.3, 0.4) is 0 Å². The summed E-state index contributed by atoms with van der Waals surface area (Å²) in [6.45, 7) is 0. The molecule has 1 unspecified atom stereocenters. The maximum absolute atomic E-state index is 9.54. The molecule has 1 aliphatic carbocycles. The molecule has 0 spiro atoms. The zero-order valence-corrected chi connectivity index (χ0v) is 24.9. The molecule has 1 N–H and O–H groups in total. The van der Waals surface area contributed by atoms with E-state index in [-0.39, 0.29) is 6.04 Å². The number of aliphatic imine (C=N–C) groups is 1. The molecule has 0 saturated carbocycles. The van der Waals surface area contributed by atoms with E-state index in [9.17, 15) is 5.26 Å². The highest BCUT2D eigenvalue weighted by Crippen LogP contribution is 2.41. The highest BCUT2D eigenvalue weighted by Gasteiger charge is 2.24. The second-order valence-electron chi connectivity index (χ2n) is 11.9. The van der Waals surface area contributed by atoms with E-state index >= 15 is 0 Å². The number of rotatable bonds is 4. The number of nitrogens with zero attached hydrogens (tertiary/aromatic N) is 3. The third-order valence-corrected chi connectivity index (χ3v) is 9.19. The van der Waals surface area contributed by atoms with Crippen molar-refractivity contribution in [2.75, 3.05) is 0 Å². The van der Waals surface area contributed by atoms with E-state index < -0.39 is 0 Å². The molecule has 0 radical (unpaired) electrons. The minimum absolute atomic E-state index is 0.136. The van der Waals surface area contributed by atoms with Crippen LogP contribution in [0, 0.1) is 11.3 Å². The standard InChI is InChI=1S/C41H28N4O/c42-25-26-9-8-12-29(23-26)36-24-35(27-10-2-1-3-11-27)43-41(44-36)28-17-19-30(20-18-28)45-37-15-6-4-13-31(37)33-21-22-34-32-14-5-7-16-38(32)46-40(34)39(33)45/h1-17,19,21-24,35H,18,20H2,(H,43,44). The van der Waals surface area contributed by atoms with Gasteiger partial charge in [-0.25, -0.2) is 0 Å². The molecule has 1 aliphatic heterocycles. The number of aromatic nitrogens is 1. The molecule has 218 valence electrons. The van der Waals surface area contributed by atoms with Gasteiger partial charge >= 0.3 is 0 Å². The average molecular weight is 593 g/mol. The van der Waals surface area contributed by atoms with E-state index in [1.807, 2.05) is 42.5 Å². The monoisotopic (exact) mass is 592 g/mol. The second-order valence-corrected chi connectivity index (χ2v) is 11.9. The van der Waals surface area contributed by atoms with E-state index in [1.54, 1.807) is 0 Å². The molecule has 0 saturated heterocycles. The van der Waals surface area contributed by atoms with Crippen LogP contribution in [0.4, 0.5) is 0 Å². The van der Waals surface area contributed by atoms with Gasteiger partial charge in [-0.3, -0.25) is 4.99 Å². The van der Waals surface area contributed by atoms with Gasteiger partial charge in [0.2, 0.25) is 0 Å². The molecule has 2 aliphatic rings. The first-order valence-electron chi connectivity index (χ1n) is 15.6. The van der Waals surface area contributed by atoms with Crippen molar-refractivity contribution in [3.8, 4) is 6.07 Å². The molecule has 46 heavy (non-hydrogen) atoms. The lowest BCUT2D eigenvalue weighted by atomic mass is 9.97. The first-order chi connectivity index (χ1) is 22.7. The van der Waals surface area contributed by atoms with E-state index in [4.69, 9.17) is 9.41 Å². The van der Waals surface area contributed by atoms with Crippen molar-refractivity contribution < 1.29 is 4.42 Å². The highest BCUT2D eigenvalue weighted by atomic mass is 16.3. The van der Waals surface area contributed by atoms with Crippen molar-refractivity contribution in [2.24, 2.45) is 4.99 Å². The summed E-state index contributed by atoms with van der Waals surface area (Å²) in [5.41, 5.74) is 10.2. The lowest BCUT2D eigenvalue weighted by Crippen LogP contribution is -2.29. The summed E-state index contributed by atoms with van der Waals surface area (Å²) in [5, 5.41) is 17.8. The summed E-state index contributed by atoms with van der Waals surface area (Å²) in [5.74, 6) is 0.867. The fourth-order valence-corrected chi connectivity index (χ4v) is 6.98. The van der Waals surface area contributed by atoms with Crippen molar-refractivity contribution in [1.82, 2.24) is 9.88 Å². The van der Waals surface area contributed by atoms with Gasteiger partial charge in [-0.15, -0.1) is 0 Å². The van der Waals surface area contributed by atoms with Crippen molar-refractivity contribution in [1.29, 1.82) is 5.26 Å². The molecular weight excluding hydrogens is 564 g/mol. The number of nitrogens with one attached hydrogen (secondary N) is 1. The van der Waals surface area contributed by atoms with Crippen LogP contribution in [-0.4, -0.2) is 10.4 Å². The molecule has 0 amide bonds. The summed E-state index contributed by atoms with van der Waals surface area (Å²) in [6.07, 6.45) is 8.27. The van der Waals surface area contributed by atoms with Crippen LogP contribution in [0.1, 0.15) is 35.6 Å². The number of hydrogen-bond donors (Lipinski definition) is 1. The maximum Gasteiger partial charge on any atom is 0.160 e. The number of hydrogen-bond acceptors (Lipinski definition) is 4. The molecule has 5 nitrogen and oxygen atoms in total. The smallest absolute Gasteiger partial charge is 0.160 e. The predicted molar refractivity (Wildman–Crippen MR) is 187 cm³/mol. The molecule has 1 atom stereocenters. The van der Waals surface area contributed by atoms with E-state index in [0.29, 0.717) is 5.56 Å². The Labute approximate surface area is 265 Å². The van der Waals surface area contributed by atoms with Crippen molar-refractivity contribution in [2.45, 2.75) is 18.9 Å². The van der Waals surface area contributed by atoms with Gasteiger partial charge < -0.3 is 14.3 Å². The lowest BCUT2D eigenvalue weighted by molar-refractivity contribution is 0.671. The van der Waals surface area contributed by atoms with Gasteiger partial charge in [0.05, 0.1) is 28.7 Å². The minimum Gasteiger partial charge on any atom is -0.454 e. The molecule has 0 bridgehead atoms. The maximum atomic E-state index is 9.54. The Morgan fingerprint density at radius 1 is 0.761 bits per heavy atom. The van der Waals surface area contributed by atoms with Crippen LogP contribution in [-0.2, 0) is 0 Å². The van der Waals surface area contributed by atoms with Crippen LogP contribution in [0.25, 0.3) is 55.1 Å². The first-order valence-corrected chi connectivity index (χ1v) is 15.6. The van der Waals surface area contributed by atoms with Gasteiger partial charge in [-0.05, 0) is 72.0 Å². The third-order valence-electron chi connectivity index (χ3n) is 9.19. The second kappa shape index (κ2) is 10.5. The summed E-state index contributed by atoms with van der Waals surface area (Å²) in [7, 11) is 0. The van der Waals surface area contributed by atoms with Crippen LogP contribution < -0.4 is 5.32 Å². The quantitative estimate of drug-likeness (QED) is 0.221. The van der Waals surface area contributed by atoms with Gasteiger partial charge in [-0.2, -0.15) is 5.26 Å². The predicted octanol–water partition coefficient (Wildman–Crippen LogP) is 9.91. The molecule has 5 aromatic carbocycles. The number of furan rings is 1. The number of fused-ring (bicyclic) bond motifs is 7. The summed E-state index contributed by atoms with van der Waals surface area (Å²) in [4.78, 5) is 5.19. The van der Waals surface area contributed by atoms with Gasteiger partial charge in [0, 0.05) is 32.9 Å². The Bertz CT molecular complexity index is 2520. The van der Waals surface area contributed by atoms with Gasteiger partial charge in [-0.1, -0.05) is 91.0 Å². The SMILES string of the molecule is N#Cc1cccc(C2=CC(c3ccccc3)N=C(C3=CC=C(n4c5ccccc5c5ccc6c7ccccc7oc6c54)CC3)N2)c1. The molecule has 0 fully saturated rings. The summed E-state index contributed by atoms with van der Waals surface area (Å²) in [6, 6.07) is 41.6. The molecule has 5 heteroatoms. The third kappa shape index (κ3) is 4.19. The number of allylic oxidation sites excluding steroid dienone is 3. The molecule has 3 heterocycles.